The van der Waals surface area contributed by atoms with Gasteiger partial charge in [0, 0.05) is 17.8 Å². The SMILES string of the molecule is COc1cc(C(=O)Nc2cnccc2CO)sc1Br. The van der Waals surface area contributed by atoms with Crippen molar-refractivity contribution in [1.82, 2.24) is 4.98 Å². The van der Waals surface area contributed by atoms with Gasteiger partial charge in [-0.2, -0.15) is 0 Å². The number of thiophene rings is 1. The van der Waals surface area contributed by atoms with E-state index in [0.717, 1.165) is 3.79 Å². The fourth-order valence-electron chi connectivity index (χ4n) is 1.46. The molecule has 0 unspecified atom stereocenters. The van der Waals surface area contributed by atoms with Crippen LogP contribution in [0.25, 0.3) is 0 Å². The van der Waals surface area contributed by atoms with E-state index in [1.807, 2.05) is 0 Å². The molecule has 0 aliphatic rings. The molecule has 2 N–H and O–H groups in total. The summed E-state index contributed by atoms with van der Waals surface area (Å²) in [4.78, 5) is 16.5. The van der Waals surface area contributed by atoms with Gasteiger partial charge in [-0.25, -0.2) is 0 Å². The molecule has 0 aromatic carbocycles. The van der Waals surface area contributed by atoms with E-state index in [1.54, 1.807) is 25.4 Å². The Bertz CT molecular complexity index is 600. The van der Waals surface area contributed by atoms with Gasteiger partial charge in [0.25, 0.3) is 5.91 Å². The normalized spacial score (nSPS) is 10.3. The second-order valence-electron chi connectivity index (χ2n) is 3.60. The van der Waals surface area contributed by atoms with Gasteiger partial charge in [-0.05, 0) is 22.0 Å². The van der Waals surface area contributed by atoms with Crippen molar-refractivity contribution in [3.05, 3.63) is 38.8 Å². The minimum absolute atomic E-state index is 0.157. The lowest BCUT2D eigenvalue weighted by Gasteiger charge is -2.07. The fraction of sp³-hybridized carbons (Fsp3) is 0.167. The number of methoxy groups -OCH3 is 1. The number of hydrogen-bond acceptors (Lipinski definition) is 5. The lowest BCUT2D eigenvalue weighted by atomic mass is 10.2. The average Bonchev–Trinajstić information content (AvgIpc) is 2.80. The summed E-state index contributed by atoms with van der Waals surface area (Å²) in [6.45, 7) is -0.157. The highest BCUT2D eigenvalue weighted by Crippen LogP contribution is 2.34. The Morgan fingerprint density at radius 3 is 3.05 bits per heavy atom. The Morgan fingerprint density at radius 2 is 2.42 bits per heavy atom. The second kappa shape index (κ2) is 6.14. The van der Waals surface area contributed by atoms with Crippen LogP contribution in [0.1, 0.15) is 15.2 Å². The zero-order chi connectivity index (χ0) is 13.8. The van der Waals surface area contributed by atoms with Crippen molar-refractivity contribution in [3.8, 4) is 5.75 Å². The van der Waals surface area contributed by atoms with Crippen molar-refractivity contribution in [2.45, 2.75) is 6.61 Å². The number of carbonyl (C=O) groups is 1. The Morgan fingerprint density at radius 1 is 1.63 bits per heavy atom. The van der Waals surface area contributed by atoms with E-state index in [1.165, 1.54) is 17.5 Å². The van der Waals surface area contributed by atoms with Crippen LogP contribution in [0, 0.1) is 0 Å². The van der Waals surface area contributed by atoms with Crippen LogP contribution in [-0.4, -0.2) is 23.1 Å². The van der Waals surface area contributed by atoms with Crippen LogP contribution in [0.5, 0.6) is 5.75 Å². The van der Waals surface area contributed by atoms with Crippen molar-refractivity contribution in [2.24, 2.45) is 0 Å². The molecule has 0 spiro atoms. The van der Waals surface area contributed by atoms with Gasteiger partial charge >= 0.3 is 0 Å². The standard InChI is InChI=1S/C12H11BrN2O3S/c1-18-9-4-10(19-11(9)13)12(17)15-8-5-14-3-2-7(8)6-16/h2-5,16H,6H2,1H3,(H,15,17). The largest absolute Gasteiger partial charge is 0.495 e. The first-order valence-corrected chi connectivity index (χ1v) is 6.95. The summed E-state index contributed by atoms with van der Waals surface area (Å²) in [6.07, 6.45) is 3.06. The molecule has 2 aromatic rings. The fourth-order valence-corrected chi connectivity index (χ4v) is 3.01. The number of halogens is 1. The van der Waals surface area contributed by atoms with Gasteiger partial charge in [0.1, 0.15) is 9.54 Å². The van der Waals surface area contributed by atoms with Gasteiger partial charge < -0.3 is 15.2 Å². The van der Waals surface area contributed by atoms with Crippen LogP contribution in [0.2, 0.25) is 0 Å². The van der Waals surface area contributed by atoms with Crippen LogP contribution in [0.3, 0.4) is 0 Å². The van der Waals surface area contributed by atoms with Crippen LogP contribution in [-0.2, 0) is 6.61 Å². The van der Waals surface area contributed by atoms with Gasteiger partial charge in [-0.1, -0.05) is 0 Å². The number of nitrogens with one attached hydrogen (secondary N) is 1. The summed E-state index contributed by atoms with van der Waals surface area (Å²) in [6, 6.07) is 3.31. The molecule has 5 nitrogen and oxygen atoms in total. The lowest BCUT2D eigenvalue weighted by molar-refractivity contribution is 0.103. The highest BCUT2D eigenvalue weighted by atomic mass is 79.9. The molecule has 0 bridgehead atoms. The molecular weight excluding hydrogens is 332 g/mol. The van der Waals surface area contributed by atoms with Crippen LogP contribution < -0.4 is 10.1 Å². The van der Waals surface area contributed by atoms with E-state index in [0.29, 0.717) is 21.9 Å². The third kappa shape index (κ3) is 3.12. The van der Waals surface area contributed by atoms with Gasteiger partial charge in [0.2, 0.25) is 0 Å². The van der Waals surface area contributed by atoms with E-state index in [4.69, 9.17) is 4.74 Å². The number of nitrogens with zero attached hydrogens (tertiary/aromatic N) is 1. The molecule has 19 heavy (non-hydrogen) atoms. The van der Waals surface area contributed by atoms with Crippen molar-refractivity contribution >= 4 is 38.9 Å². The smallest absolute Gasteiger partial charge is 0.265 e. The summed E-state index contributed by atoms with van der Waals surface area (Å²) < 4.78 is 5.86. The minimum Gasteiger partial charge on any atom is -0.495 e. The van der Waals surface area contributed by atoms with Crippen molar-refractivity contribution in [2.75, 3.05) is 12.4 Å². The molecule has 0 atom stereocenters. The molecule has 1 amide bonds. The number of ether oxygens (including phenoxy) is 1. The highest BCUT2D eigenvalue weighted by Gasteiger charge is 2.15. The quantitative estimate of drug-likeness (QED) is 0.895. The summed E-state index contributed by atoms with van der Waals surface area (Å²) in [5, 5.41) is 11.9. The predicted octanol–water partition coefficient (Wildman–Crippen LogP) is 2.66. The van der Waals surface area contributed by atoms with E-state index in [9.17, 15) is 9.90 Å². The van der Waals surface area contributed by atoms with Crippen LogP contribution in [0.15, 0.2) is 28.3 Å². The molecule has 0 fully saturated rings. The van der Waals surface area contributed by atoms with E-state index < -0.39 is 0 Å². The van der Waals surface area contributed by atoms with Crippen LogP contribution in [0.4, 0.5) is 5.69 Å². The molecule has 0 aliphatic heterocycles. The maximum absolute atomic E-state index is 12.1. The molecule has 0 aliphatic carbocycles. The van der Waals surface area contributed by atoms with Crippen molar-refractivity contribution in [3.63, 3.8) is 0 Å². The Hall–Kier alpha value is -1.44. The zero-order valence-electron chi connectivity index (χ0n) is 10.0. The molecule has 0 saturated heterocycles. The summed E-state index contributed by atoms with van der Waals surface area (Å²) in [7, 11) is 1.54. The number of anilines is 1. The third-order valence-corrected chi connectivity index (χ3v) is 4.21. The van der Waals surface area contributed by atoms with Gasteiger partial charge in [0.05, 0.1) is 30.5 Å². The third-order valence-electron chi connectivity index (χ3n) is 2.43. The number of aliphatic hydroxyl groups excluding tert-OH is 1. The summed E-state index contributed by atoms with van der Waals surface area (Å²) in [5.74, 6) is 0.348. The lowest BCUT2D eigenvalue weighted by Crippen LogP contribution is -2.12. The van der Waals surface area contributed by atoms with Gasteiger partial charge in [-0.3, -0.25) is 9.78 Å². The summed E-state index contributed by atoms with van der Waals surface area (Å²) >= 11 is 4.60. The Labute approximate surface area is 122 Å². The molecule has 100 valence electrons. The van der Waals surface area contributed by atoms with E-state index in [-0.39, 0.29) is 12.5 Å². The highest BCUT2D eigenvalue weighted by molar-refractivity contribution is 9.11. The molecule has 2 rings (SSSR count). The topological polar surface area (TPSA) is 71.5 Å². The molecule has 0 radical (unpaired) electrons. The first kappa shape index (κ1) is 14.0. The maximum atomic E-state index is 12.1. The molecule has 2 aromatic heterocycles. The number of hydrogen-bond donors (Lipinski definition) is 2. The van der Waals surface area contributed by atoms with Crippen molar-refractivity contribution < 1.29 is 14.6 Å². The average molecular weight is 343 g/mol. The molecule has 0 saturated carbocycles. The Kier molecular flexibility index (Phi) is 4.52. The van der Waals surface area contributed by atoms with Gasteiger partial charge in [0.15, 0.2) is 0 Å². The van der Waals surface area contributed by atoms with E-state index in [2.05, 4.69) is 26.2 Å². The first-order chi connectivity index (χ1) is 9.15. The Balaban J connectivity index is 2.20. The number of amides is 1. The van der Waals surface area contributed by atoms with Crippen LogP contribution >= 0.6 is 27.3 Å². The molecule has 7 heteroatoms. The zero-order valence-corrected chi connectivity index (χ0v) is 12.4. The van der Waals surface area contributed by atoms with Gasteiger partial charge in [-0.15, -0.1) is 11.3 Å². The second-order valence-corrected chi connectivity index (χ2v) is 5.97. The first-order valence-electron chi connectivity index (χ1n) is 5.34. The maximum Gasteiger partial charge on any atom is 0.265 e. The number of pyridine rings is 1. The monoisotopic (exact) mass is 342 g/mol. The number of aliphatic hydroxyl groups is 1. The summed E-state index contributed by atoms with van der Waals surface area (Å²) in [5.41, 5.74) is 1.12. The number of carbonyl (C=O) groups excluding carboxylic acids is 1. The predicted molar refractivity (Wildman–Crippen MR) is 76.7 cm³/mol. The number of aromatic nitrogens is 1. The minimum atomic E-state index is -0.267. The molecule has 2 heterocycles. The van der Waals surface area contributed by atoms with E-state index >= 15 is 0 Å². The number of rotatable bonds is 4. The molecular formula is C12H11BrN2O3S. The van der Waals surface area contributed by atoms with Crippen molar-refractivity contribution in [1.29, 1.82) is 0 Å².